The van der Waals surface area contributed by atoms with Gasteiger partial charge < -0.3 is 4.74 Å². The fourth-order valence-electron chi connectivity index (χ4n) is 2.86. The molecule has 2 heterocycles. The lowest BCUT2D eigenvalue weighted by Gasteiger charge is -2.38. The first-order chi connectivity index (χ1) is 8.70. The summed E-state index contributed by atoms with van der Waals surface area (Å²) in [5.74, 6) is 2.31. The van der Waals surface area contributed by atoms with Crippen LogP contribution in [0.15, 0.2) is 0 Å². The van der Waals surface area contributed by atoms with Gasteiger partial charge in [-0.25, -0.2) is 13.1 Å². The highest BCUT2D eigenvalue weighted by Gasteiger charge is 2.41. The van der Waals surface area contributed by atoms with Crippen molar-refractivity contribution in [2.45, 2.75) is 51.7 Å². The second kappa shape index (κ2) is 5.54. The van der Waals surface area contributed by atoms with Crippen LogP contribution < -0.4 is 4.72 Å². The lowest BCUT2D eigenvalue weighted by molar-refractivity contribution is -0.0673. The van der Waals surface area contributed by atoms with E-state index in [1.807, 2.05) is 32.5 Å². The fourth-order valence-corrected chi connectivity index (χ4v) is 6.17. The van der Waals surface area contributed by atoms with Crippen LogP contribution in [-0.2, 0) is 14.8 Å². The van der Waals surface area contributed by atoms with Gasteiger partial charge in [0.2, 0.25) is 10.0 Å². The highest BCUT2D eigenvalue weighted by Crippen LogP contribution is 2.38. The third-order valence-electron chi connectivity index (χ3n) is 3.53. The minimum Gasteiger partial charge on any atom is -0.374 e. The SMILES string of the molecule is CC(C)(C)CS(=O)(=O)NC1CCOC2(CCSC2)C1. The number of hydrogen-bond acceptors (Lipinski definition) is 4. The quantitative estimate of drug-likeness (QED) is 0.866. The van der Waals surface area contributed by atoms with Crippen molar-refractivity contribution < 1.29 is 13.2 Å². The number of rotatable bonds is 3. The average molecular weight is 307 g/mol. The minimum atomic E-state index is -3.20. The summed E-state index contributed by atoms with van der Waals surface area (Å²) in [5, 5.41) is 0. The number of thioether (sulfide) groups is 1. The van der Waals surface area contributed by atoms with Crippen molar-refractivity contribution in [3.8, 4) is 0 Å². The molecule has 0 aromatic rings. The predicted molar refractivity (Wildman–Crippen MR) is 80.0 cm³/mol. The van der Waals surface area contributed by atoms with Crippen LogP contribution in [0, 0.1) is 5.41 Å². The molecule has 0 bridgehead atoms. The monoisotopic (exact) mass is 307 g/mol. The van der Waals surface area contributed by atoms with E-state index in [-0.39, 0.29) is 22.8 Å². The molecular formula is C13H25NO3S2. The molecule has 0 aliphatic carbocycles. The van der Waals surface area contributed by atoms with Crippen LogP contribution in [0.1, 0.15) is 40.0 Å². The second-order valence-corrected chi connectivity index (χ2v) is 9.82. The van der Waals surface area contributed by atoms with E-state index in [4.69, 9.17) is 4.74 Å². The number of ether oxygens (including phenoxy) is 1. The van der Waals surface area contributed by atoms with E-state index in [9.17, 15) is 8.42 Å². The summed E-state index contributed by atoms with van der Waals surface area (Å²) >= 11 is 1.91. The van der Waals surface area contributed by atoms with Crippen molar-refractivity contribution in [3.05, 3.63) is 0 Å². The lowest BCUT2D eigenvalue weighted by Crippen LogP contribution is -2.49. The van der Waals surface area contributed by atoms with Crippen molar-refractivity contribution >= 4 is 21.8 Å². The highest BCUT2D eigenvalue weighted by molar-refractivity contribution is 7.99. The molecule has 1 N–H and O–H groups in total. The second-order valence-electron chi connectivity index (χ2n) is 6.96. The van der Waals surface area contributed by atoms with Crippen molar-refractivity contribution in [3.63, 3.8) is 0 Å². The molecule has 0 radical (unpaired) electrons. The van der Waals surface area contributed by atoms with Gasteiger partial charge in [-0.2, -0.15) is 11.8 Å². The number of sulfonamides is 1. The Labute approximate surface area is 121 Å². The molecule has 6 heteroatoms. The summed E-state index contributed by atoms with van der Waals surface area (Å²) in [4.78, 5) is 0. The molecule has 19 heavy (non-hydrogen) atoms. The van der Waals surface area contributed by atoms with Gasteiger partial charge >= 0.3 is 0 Å². The molecule has 1 spiro atoms. The van der Waals surface area contributed by atoms with Gasteiger partial charge in [-0.3, -0.25) is 0 Å². The average Bonchev–Trinajstić information content (AvgIpc) is 2.61. The number of hydrogen-bond donors (Lipinski definition) is 1. The van der Waals surface area contributed by atoms with Gasteiger partial charge in [0.1, 0.15) is 0 Å². The summed E-state index contributed by atoms with van der Waals surface area (Å²) in [6, 6.07) is 0.0415. The molecule has 2 aliphatic heterocycles. The van der Waals surface area contributed by atoms with E-state index in [0.29, 0.717) is 6.61 Å². The van der Waals surface area contributed by atoms with Crippen LogP contribution in [0.4, 0.5) is 0 Å². The Morgan fingerprint density at radius 3 is 2.74 bits per heavy atom. The van der Waals surface area contributed by atoms with Crippen molar-refractivity contribution in [1.29, 1.82) is 0 Å². The minimum absolute atomic E-state index is 0.0415. The summed E-state index contributed by atoms with van der Waals surface area (Å²) < 4.78 is 33.1. The standard InChI is InChI=1S/C13H25NO3S2/c1-12(2,3)10-19(15,16)14-11-4-6-17-13(8-11)5-7-18-9-13/h11,14H,4-10H2,1-3H3. The highest BCUT2D eigenvalue weighted by atomic mass is 32.2. The predicted octanol–water partition coefficient (Wildman–Crippen LogP) is 2.01. The van der Waals surface area contributed by atoms with Crippen LogP contribution in [0.5, 0.6) is 0 Å². The molecule has 2 saturated heterocycles. The van der Waals surface area contributed by atoms with Crippen molar-refractivity contribution in [1.82, 2.24) is 4.72 Å². The van der Waals surface area contributed by atoms with Gasteiger partial charge in [0.15, 0.2) is 0 Å². The first-order valence-corrected chi connectivity index (χ1v) is 9.72. The molecule has 0 saturated carbocycles. The maximum absolute atomic E-state index is 12.2. The molecule has 2 rings (SSSR count). The molecule has 2 aliphatic rings. The lowest BCUT2D eigenvalue weighted by atomic mass is 9.90. The molecule has 2 unspecified atom stereocenters. The Hall–Kier alpha value is 0.220. The van der Waals surface area contributed by atoms with E-state index in [0.717, 1.165) is 30.8 Å². The maximum Gasteiger partial charge on any atom is 0.212 e. The Morgan fingerprint density at radius 1 is 1.42 bits per heavy atom. The maximum atomic E-state index is 12.2. The number of nitrogens with one attached hydrogen (secondary N) is 1. The zero-order valence-electron chi connectivity index (χ0n) is 12.1. The largest absolute Gasteiger partial charge is 0.374 e. The van der Waals surface area contributed by atoms with Crippen molar-refractivity contribution in [2.75, 3.05) is 23.9 Å². The van der Waals surface area contributed by atoms with Crippen LogP contribution >= 0.6 is 11.8 Å². The fraction of sp³-hybridized carbons (Fsp3) is 1.00. The third-order valence-corrected chi connectivity index (χ3v) is 6.69. The molecule has 112 valence electrons. The normalized spacial score (nSPS) is 32.9. The zero-order chi connectivity index (χ0) is 14.1. The summed E-state index contributed by atoms with van der Waals surface area (Å²) in [6.45, 7) is 6.52. The summed E-state index contributed by atoms with van der Waals surface area (Å²) in [7, 11) is -3.20. The molecule has 0 aromatic heterocycles. The van der Waals surface area contributed by atoms with E-state index >= 15 is 0 Å². The summed E-state index contributed by atoms with van der Waals surface area (Å²) in [5.41, 5.74) is -0.282. The van der Waals surface area contributed by atoms with Crippen LogP contribution in [-0.4, -0.2) is 43.9 Å². The first kappa shape index (κ1) is 15.6. The Bertz CT molecular complexity index is 408. The van der Waals surface area contributed by atoms with Gasteiger partial charge in [0, 0.05) is 18.4 Å². The molecule has 0 amide bonds. The first-order valence-electron chi connectivity index (χ1n) is 6.92. The Morgan fingerprint density at radius 2 is 2.16 bits per heavy atom. The van der Waals surface area contributed by atoms with Crippen LogP contribution in [0.25, 0.3) is 0 Å². The molecule has 4 nitrogen and oxygen atoms in total. The van der Waals surface area contributed by atoms with E-state index in [1.165, 1.54) is 0 Å². The van der Waals surface area contributed by atoms with Crippen molar-refractivity contribution in [2.24, 2.45) is 5.41 Å². The van der Waals surface area contributed by atoms with Gasteiger partial charge in [0.25, 0.3) is 0 Å². The van der Waals surface area contributed by atoms with Crippen LogP contribution in [0.2, 0.25) is 0 Å². The molecule has 2 atom stereocenters. The van der Waals surface area contributed by atoms with Gasteiger partial charge in [-0.05, 0) is 30.4 Å². The van der Waals surface area contributed by atoms with Gasteiger partial charge in [-0.1, -0.05) is 20.8 Å². The molecular weight excluding hydrogens is 282 g/mol. The van der Waals surface area contributed by atoms with E-state index in [1.54, 1.807) is 0 Å². The summed E-state index contributed by atoms with van der Waals surface area (Å²) in [6.07, 6.45) is 2.66. The molecule has 0 aromatic carbocycles. The van der Waals surface area contributed by atoms with Gasteiger partial charge in [0.05, 0.1) is 11.4 Å². The third kappa shape index (κ3) is 4.62. The topological polar surface area (TPSA) is 55.4 Å². The van der Waals surface area contributed by atoms with Gasteiger partial charge in [-0.15, -0.1) is 0 Å². The molecule has 2 fully saturated rings. The Kier molecular flexibility index (Phi) is 4.55. The van der Waals surface area contributed by atoms with E-state index in [2.05, 4.69) is 4.72 Å². The Balaban J connectivity index is 1.95. The van der Waals surface area contributed by atoms with E-state index < -0.39 is 10.0 Å². The smallest absolute Gasteiger partial charge is 0.212 e. The zero-order valence-corrected chi connectivity index (χ0v) is 13.7. The van der Waals surface area contributed by atoms with Crippen LogP contribution in [0.3, 0.4) is 0 Å².